The smallest absolute Gasteiger partial charge is 0.314 e. The van der Waals surface area contributed by atoms with Crippen LogP contribution in [0.3, 0.4) is 0 Å². The number of rotatable bonds is 7. The first kappa shape index (κ1) is 16.8. The van der Waals surface area contributed by atoms with E-state index < -0.39 is 12.6 Å². The molecular weight excluding hydrogens is 251 g/mol. The molecule has 0 spiro atoms. The second-order valence-electron chi connectivity index (χ2n) is 5.86. The van der Waals surface area contributed by atoms with Crippen molar-refractivity contribution in [3.8, 4) is 0 Å². The van der Waals surface area contributed by atoms with E-state index in [1.165, 1.54) is 38.5 Å². The van der Waals surface area contributed by atoms with Gasteiger partial charge in [-0.15, -0.1) is 0 Å². The first-order valence-corrected chi connectivity index (χ1v) is 7.81. The molecule has 1 aliphatic rings. The Balaban J connectivity index is 2.29. The minimum absolute atomic E-state index is 0.258. The van der Waals surface area contributed by atoms with Crippen molar-refractivity contribution in [3.63, 3.8) is 0 Å². The van der Waals surface area contributed by atoms with Gasteiger partial charge < -0.3 is 5.32 Å². The summed E-state index contributed by atoms with van der Waals surface area (Å²) >= 11 is 0. The molecule has 1 rings (SSSR count). The van der Waals surface area contributed by atoms with Gasteiger partial charge in [-0.3, -0.25) is 0 Å². The van der Waals surface area contributed by atoms with E-state index in [1.54, 1.807) is 0 Å². The van der Waals surface area contributed by atoms with Gasteiger partial charge in [-0.05, 0) is 31.7 Å². The summed E-state index contributed by atoms with van der Waals surface area (Å²) in [5, 5.41) is 3.37. The predicted molar refractivity (Wildman–Crippen MR) is 73.2 cm³/mol. The van der Waals surface area contributed by atoms with Gasteiger partial charge in [0.2, 0.25) is 0 Å². The number of halogens is 3. The number of hydrogen-bond donors (Lipinski definition) is 1. The molecule has 0 aromatic heterocycles. The summed E-state index contributed by atoms with van der Waals surface area (Å²) in [4.78, 5) is 0. The van der Waals surface area contributed by atoms with E-state index in [2.05, 4.69) is 5.32 Å². The molecule has 1 atom stereocenters. The van der Waals surface area contributed by atoms with Crippen molar-refractivity contribution in [2.75, 3.05) is 6.54 Å². The molecule has 0 saturated heterocycles. The SMILES string of the molecule is CCNC(CCCC(F)(F)F)CC1CCCCCC1. The molecule has 0 bridgehead atoms. The summed E-state index contributed by atoms with van der Waals surface area (Å²) in [7, 11) is 0. The standard InChI is InChI=1S/C15H28F3N/c1-2-19-14(10-7-11-15(16,17)18)12-13-8-5-3-4-6-9-13/h13-14,19H,2-12H2,1H3. The second-order valence-corrected chi connectivity index (χ2v) is 5.86. The van der Waals surface area contributed by atoms with Gasteiger partial charge in [0.15, 0.2) is 0 Å². The summed E-state index contributed by atoms with van der Waals surface area (Å²) in [6.45, 7) is 2.88. The number of nitrogens with one attached hydrogen (secondary N) is 1. The Morgan fingerprint density at radius 2 is 1.74 bits per heavy atom. The first-order chi connectivity index (χ1) is 9.01. The number of alkyl halides is 3. The van der Waals surface area contributed by atoms with Crippen molar-refractivity contribution in [1.29, 1.82) is 0 Å². The Labute approximate surface area is 115 Å². The van der Waals surface area contributed by atoms with Crippen LogP contribution in [0.25, 0.3) is 0 Å². The fourth-order valence-electron chi connectivity index (χ4n) is 3.14. The zero-order valence-electron chi connectivity index (χ0n) is 12.1. The highest BCUT2D eigenvalue weighted by Crippen LogP contribution is 2.28. The molecule has 4 heteroatoms. The van der Waals surface area contributed by atoms with Gasteiger partial charge in [0.05, 0.1) is 0 Å². The molecule has 1 nitrogen and oxygen atoms in total. The monoisotopic (exact) mass is 279 g/mol. The van der Waals surface area contributed by atoms with Crippen molar-refractivity contribution in [1.82, 2.24) is 5.32 Å². The van der Waals surface area contributed by atoms with Crippen LogP contribution in [0.15, 0.2) is 0 Å². The lowest BCUT2D eigenvalue weighted by Crippen LogP contribution is -2.31. The zero-order valence-corrected chi connectivity index (χ0v) is 12.1. The summed E-state index contributed by atoms with van der Waals surface area (Å²) in [6.07, 6.45) is 5.12. The number of hydrogen-bond acceptors (Lipinski definition) is 1. The van der Waals surface area contributed by atoms with Crippen LogP contribution in [0.1, 0.15) is 71.1 Å². The van der Waals surface area contributed by atoms with Crippen LogP contribution >= 0.6 is 0 Å². The third-order valence-electron chi connectivity index (χ3n) is 4.10. The average Bonchev–Trinajstić information content (AvgIpc) is 2.56. The lowest BCUT2D eigenvalue weighted by Gasteiger charge is -2.23. The molecule has 1 fully saturated rings. The molecule has 1 unspecified atom stereocenters. The molecule has 0 aliphatic heterocycles. The maximum absolute atomic E-state index is 12.2. The van der Waals surface area contributed by atoms with Crippen molar-refractivity contribution in [2.24, 2.45) is 5.92 Å². The molecule has 114 valence electrons. The fraction of sp³-hybridized carbons (Fsp3) is 1.00. The third-order valence-corrected chi connectivity index (χ3v) is 4.10. The van der Waals surface area contributed by atoms with Gasteiger partial charge in [-0.2, -0.15) is 13.2 Å². The summed E-state index contributed by atoms with van der Waals surface area (Å²) in [5.74, 6) is 0.720. The minimum atomic E-state index is -4.00. The van der Waals surface area contributed by atoms with E-state index in [4.69, 9.17) is 0 Å². The van der Waals surface area contributed by atoms with E-state index in [-0.39, 0.29) is 12.5 Å². The third kappa shape index (κ3) is 8.51. The van der Waals surface area contributed by atoms with Gasteiger partial charge >= 0.3 is 6.18 Å². The van der Waals surface area contributed by atoms with E-state index >= 15 is 0 Å². The van der Waals surface area contributed by atoms with Crippen molar-refractivity contribution in [3.05, 3.63) is 0 Å². The van der Waals surface area contributed by atoms with Crippen LogP contribution in [-0.2, 0) is 0 Å². The maximum Gasteiger partial charge on any atom is 0.389 e. The Hall–Kier alpha value is -0.250. The van der Waals surface area contributed by atoms with Crippen molar-refractivity contribution < 1.29 is 13.2 Å². The Morgan fingerprint density at radius 1 is 1.11 bits per heavy atom. The van der Waals surface area contributed by atoms with Gasteiger partial charge in [0, 0.05) is 12.5 Å². The maximum atomic E-state index is 12.2. The fourth-order valence-corrected chi connectivity index (χ4v) is 3.14. The summed E-state index contributed by atoms with van der Waals surface area (Å²) in [6, 6.07) is 0.274. The van der Waals surface area contributed by atoms with Crippen LogP contribution in [0.5, 0.6) is 0 Å². The highest BCUT2D eigenvalue weighted by molar-refractivity contribution is 4.74. The molecular formula is C15H28F3N. The van der Waals surface area contributed by atoms with E-state index in [0.29, 0.717) is 6.42 Å². The topological polar surface area (TPSA) is 12.0 Å². The largest absolute Gasteiger partial charge is 0.389 e. The molecule has 0 amide bonds. The molecule has 1 saturated carbocycles. The zero-order chi connectivity index (χ0) is 14.1. The van der Waals surface area contributed by atoms with Crippen LogP contribution in [0.4, 0.5) is 13.2 Å². The van der Waals surface area contributed by atoms with E-state index in [1.807, 2.05) is 6.92 Å². The molecule has 19 heavy (non-hydrogen) atoms. The van der Waals surface area contributed by atoms with Crippen LogP contribution in [-0.4, -0.2) is 18.8 Å². The highest BCUT2D eigenvalue weighted by atomic mass is 19.4. The molecule has 0 radical (unpaired) electrons. The van der Waals surface area contributed by atoms with Gasteiger partial charge in [0.1, 0.15) is 0 Å². The molecule has 1 N–H and O–H groups in total. The average molecular weight is 279 g/mol. The van der Waals surface area contributed by atoms with Crippen LogP contribution in [0.2, 0.25) is 0 Å². The van der Waals surface area contributed by atoms with E-state index in [0.717, 1.165) is 18.9 Å². The lowest BCUT2D eigenvalue weighted by molar-refractivity contribution is -0.135. The lowest BCUT2D eigenvalue weighted by atomic mass is 9.90. The Kier molecular flexibility index (Phi) is 7.81. The predicted octanol–water partition coefficient (Wildman–Crippen LogP) is 5.06. The van der Waals surface area contributed by atoms with Gasteiger partial charge in [0.25, 0.3) is 0 Å². The molecule has 0 aromatic carbocycles. The molecule has 1 aliphatic carbocycles. The second kappa shape index (κ2) is 8.83. The Morgan fingerprint density at radius 3 is 2.26 bits per heavy atom. The highest BCUT2D eigenvalue weighted by Gasteiger charge is 2.27. The van der Waals surface area contributed by atoms with E-state index in [9.17, 15) is 13.2 Å². The Bertz CT molecular complexity index is 220. The molecule has 0 aromatic rings. The van der Waals surface area contributed by atoms with Crippen LogP contribution in [0, 0.1) is 5.92 Å². The first-order valence-electron chi connectivity index (χ1n) is 7.81. The van der Waals surface area contributed by atoms with Crippen LogP contribution < -0.4 is 5.32 Å². The van der Waals surface area contributed by atoms with Gasteiger partial charge in [-0.25, -0.2) is 0 Å². The summed E-state index contributed by atoms with van der Waals surface area (Å²) in [5.41, 5.74) is 0. The van der Waals surface area contributed by atoms with Crippen molar-refractivity contribution >= 4 is 0 Å². The summed E-state index contributed by atoms with van der Waals surface area (Å²) < 4.78 is 36.6. The van der Waals surface area contributed by atoms with Gasteiger partial charge in [-0.1, -0.05) is 45.4 Å². The van der Waals surface area contributed by atoms with Crippen molar-refractivity contribution in [2.45, 2.75) is 83.4 Å². The minimum Gasteiger partial charge on any atom is -0.314 e. The normalized spacial score (nSPS) is 20.2. The molecule has 0 heterocycles. The quantitative estimate of drug-likeness (QED) is 0.642.